The van der Waals surface area contributed by atoms with Crippen molar-refractivity contribution in [2.45, 2.75) is 37.8 Å². The third kappa shape index (κ3) is 3.36. The lowest BCUT2D eigenvalue weighted by Gasteiger charge is -2.30. The molecule has 0 spiro atoms. The Bertz CT molecular complexity index is 469. The minimum Gasteiger partial charge on any atom is -0.368 e. The van der Waals surface area contributed by atoms with Crippen LogP contribution in [0.5, 0.6) is 0 Å². The average molecular weight is 275 g/mol. The van der Waals surface area contributed by atoms with E-state index in [0.717, 1.165) is 31.2 Å². The van der Waals surface area contributed by atoms with Crippen molar-refractivity contribution in [3.63, 3.8) is 0 Å². The number of nitrogens with zero attached hydrogens (tertiary/aromatic N) is 1. The molecule has 0 heterocycles. The number of nitrogens with two attached hydrogens (primary N) is 2. The number of hydrogen-bond acceptors (Lipinski definition) is 3. The van der Waals surface area contributed by atoms with Crippen molar-refractivity contribution in [3.8, 4) is 0 Å². The van der Waals surface area contributed by atoms with Gasteiger partial charge in [0.1, 0.15) is 6.04 Å². The summed E-state index contributed by atoms with van der Waals surface area (Å²) in [5.74, 6) is -0.715. The van der Waals surface area contributed by atoms with Gasteiger partial charge in [0.2, 0.25) is 11.8 Å². The molecular formula is C15H21N3O2. The Morgan fingerprint density at radius 1 is 1.20 bits per heavy atom. The third-order valence-corrected chi connectivity index (χ3v) is 3.80. The summed E-state index contributed by atoms with van der Waals surface area (Å²) in [5.41, 5.74) is 12.1. The Morgan fingerprint density at radius 3 is 2.35 bits per heavy atom. The number of primary amides is 1. The van der Waals surface area contributed by atoms with Gasteiger partial charge >= 0.3 is 0 Å². The first-order chi connectivity index (χ1) is 9.59. The van der Waals surface area contributed by atoms with Crippen molar-refractivity contribution in [1.82, 2.24) is 4.90 Å². The van der Waals surface area contributed by atoms with Gasteiger partial charge in [-0.2, -0.15) is 0 Å². The normalized spacial score (nSPS) is 16.9. The molecule has 1 fully saturated rings. The molecule has 1 aromatic carbocycles. The SMILES string of the molecule is NC(=O)CN(C(=O)[C@H](N)c1ccccc1)C1CCCC1. The van der Waals surface area contributed by atoms with Gasteiger partial charge in [0, 0.05) is 6.04 Å². The van der Waals surface area contributed by atoms with Crippen molar-refractivity contribution < 1.29 is 9.59 Å². The van der Waals surface area contributed by atoms with E-state index in [9.17, 15) is 9.59 Å². The first-order valence-corrected chi connectivity index (χ1v) is 6.99. The highest BCUT2D eigenvalue weighted by atomic mass is 16.2. The number of benzene rings is 1. The molecule has 1 aliphatic rings. The van der Waals surface area contributed by atoms with Crippen LogP contribution in [0.1, 0.15) is 37.3 Å². The summed E-state index contributed by atoms with van der Waals surface area (Å²) in [6.45, 7) is -0.0516. The Balaban J connectivity index is 2.15. The monoisotopic (exact) mass is 275 g/mol. The standard InChI is InChI=1S/C15H21N3O2/c16-13(19)10-18(12-8-4-5-9-12)15(20)14(17)11-6-2-1-3-7-11/h1-3,6-7,12,14H,4-5,8-10,17H2,(H2,16,19)/t14-/m1/s1. The molecule has 2 rings (SSSR count). The second-order valence-electron chi connectivity index (χ2n) is 5.26. The van der Waals surface area contributed by atoms with Crippen LogP contribution in [0.2, 0.25) is 0 Å². The predicted molar refractivity (Wildman–Crippen MR) is 76.5 cm³/mol. The van der Waals surface area contributed by atoms with Gasteiger partial charge in [-0.25, -0.2) is 0 Å². The molecule has 0 unspecified atom stereocenters. The van der Waals surface area contributed by atoms with E-state index >= 15 is 0 Å². The van der Waals surface area contributed by atoms with Crippen molar-refractivity contribution in [1.29, 1.82) is 0 Å². The maximum Gasteiger partial charge on any atom is 0.244 e. The Kier molecular flexibility index (Phi) is 4.74. The lowest BCUT2D eigenvalue weighted by Crippen LogP contribution is -2.47. The molecule has 2 amide bonds. The van der Waals surface area contributed by atoms with Crippen LogP contribution in [-0.4, -0.2) is 29.3 Å². The number of amides is 2. The number of rotatable bonds is 5. The van der Waals surface area contributed by atoms with Crippen molar-refractivity contribution in [2.75, 3.05) is 6.54 Å². The van der Waals surface area contributed by atoms with E-state index < -0.39 is 11.9 Å². The highest BCUT2D eigenvalue weighted by molar-refractivity contribution is 5.87. The zero-order valence-corrected chi connectivity index (χ0v) is 11.5. The van der Waals surface area contributed by atoms with Gasteiger partial charge in [-0.1, -0.05) is 43.2 Å². The highest BCUT2D eigenvalue weighted by Crippen LogP contribution is 2.25. The molecule has 1 aromatic rings. The lowest BCUT2D eigenvalue weighted by molar-refractivity contribution is -0.138. The third-order valence-electron chi connectivity index (χ3n) is 3.80. The van der Waals surface area contributed by atoms with E-state index in [1.54, 1.807) is 4.90 Å². The maximum absolute atomic E-state index is 12.6. The van der Waals surface area contributed by atoms with Crippen LogP contribution in [0, 0.1) is 0 Å². The fourth-order valence-corrected chi connectivity index (χ4v) is 2.75. The molecule has 4 N–H and O–H groups in total. The van der Waals surface area contributed by atoms with Crippen LogP contribution in [-0.2, 0) is 9.59 Å². The first-order valence-electron chi connectivity index (χ1n) is 6.99. The smallest absolute Gasteiger partial charge is 0.244 e. The van der Waals surface area contributed by atoms with Crippen LogP contribution in [0.15, 0.2) is 30.3 Å². The minimum atomic E-state index is -0.740. The van der Waals surface area contributed by atoms with Gasteiger partial charge in [-0.3, -0.25) is 9.59 Å². The van der Waals surface area contributed by atoms with Gasteiger partial charge in [0.05, 0.1) is 6.54 Å². The number of carbonyl (C=O) groups is 2. The zero-order valence-electron chi connectivity index (χ0n) is 11.5. The van der Waals surface area contributed by atoms with Crippen LogP contribution < -0.4 is 11.5 Å². The van der Waals surface area contributed by atoms with Crippen LogP contribution in [0.3, 0.4) is 0 Å². The van der Waals surface area contributed by atoms with Crippen LogP contribution >= 0.6 is 0 Å². The van der Waals surface area contributed by atoms with Gasteiger partial charge < -0.3 is 16.4 Å². The van der Waals surface area contributed by atoms with E-state index in [2.05, 4.69) is 0 Å². The van der Waals surface area contributed by atoms with Gasteiger partial charge in [0.25, 0.3) is 0 Å². The molecule has 108 valence electrons. The van der Waals surface area contributed by atoms with Crippen molar-refractivity contribution in [3.05, 3.63) is 35.9 Å². The van der Waals surface area contributed by atoms with Gasteiger partial charge in [-0.05, 0) is 18.4 Å². The topological polar surface area (TPSA) is 89.4 Å². The largest absolute Gasteiger partial charge is 0.368 e. The summed E-state index contributed by atoms with van der Waals surface area (Å²) in [6, 6.07) is 8.55. The van der Waals surface area contributed by atoms with E-state index in [4.69, 9.17) is 11.5 Å². The molecule has 0 bridgehead atoms. The van der Waals surface area contributed by atoms with Crippen LogP contribution in [0.25, 0.3) is 0 Å². The summed E-state index contributed by atoms with van der Waals surface area (Å²) >= 11 is 0. The molecule has 0 saturated heterocycles. The molecule has 5 nitrogen and oxygen atoms in total. The van der Waals surface area contributed by atoms with Crippen molar-refractivity contribution in [2.24, 2.45) is 11.5 Å². The molecule has 0 aliphatic heterocycles. The minimum absolute atomic E-state index is 0.0516. The molecule has 1 saturated carbocycles. The molecular weight excluding hydrogens is 254 g/mol. The zero-order chi connectivity index (χ0) is 14.5. The lowest BCUT2D eigenvalue weighted by atomic mass is 10.0. The maximum atomic E-state index is 12.6. The van der Waals surface area contributed by atoms with E-state index in [-0.39, 0.29) is 18.5 Å². The Hall–Kier alpha value is -1.88. The quantitative estimate of drug-likeness (QED) is 0.838. The molecule has 1 atom stereocenters. The molecule has 1 aliphatic carbocycles. The highest BCUT2D eigenvalue weighted by Gasteiger charge is 2.31. The number of carbonyl (C=O) groups excluding carboxylic acids is 2. The summed E-state index contributed by atoms with van der Waals surface area (Å²) in [5, 5.41) is 0. The second kappa shape index (κ2) is 6.52. The van der Waals surface area contributed by atoms with Crippen LogP contribution in [0.4, 0.5) is 0 Å². The Labute approximate surface area is 118 Å². The predicted octanol–water partition coefficient (Wildman–Crippen LogP) is 0.943. The summed E-state index contributed by atoms with van der Waals surface area (Å²) in [4.78, 5) is 25.3. The number of hydrogen-bond donors (Lipinski definition) is 2. The Morgan fingerprint density at radius 2 is 1.80 bits per heavy atom. The van der Waals surface area contributed by atoms with Gasteiger partial charge in [0.15, 0.2) is 0 Å². The molecule has 20 heavy (non-hydrogen) atoms. The summed E-state index contributed by atoms with van der Waals surface area (Å²) < 4.78 is 0. The molecule has 5 heteroatoms. The first kappa shape index (κ1) is 14.5. The fraction of sp³-hybridized carbons (Fsp3) is 0.467. The van der Waals surface area contributed by atoms with Gasteiger partial charge in [-0.15, -0.1) is 0 Å². The summed E-state index contributed by atoms with van der Waals surface area (Å²) in [7, 11) is 0. The fourth-order valence-electron chi connectivity index (χ4n) is 2.75. The average Bonchev–Trinajstić information content (AvgIpc) is 2.98. The summed E-state index contributed by atoms with van der Waals surface area (Å²) in [6.07, 6.45) is 3.99. The molecule has 0 aromatic heterocycles. The van der Waals surface area contributed by atoms with E-state index in [1.165, 1.54) is 0 Å². The second-order valence-corrected chi connectivity index (χ2v) is 5.26. The molecule has 0 radical (unpaired) electrons. The van der Waals surface area contributed by atoms with E-state index in [0.29, 0.717) is 0 Å². The van der Waals surface area contributed by atoms with E-state index in [1.807, 2.05) is 30.3 Å². The van der Waals surface area contributed by atoms with Crippen molar-refractivity contribution >= 4 is 11.8 Å².